The van der Waals surface area contributed by atoms with Crippen LogP contribution >= 0.6 is 0 Å². The topological polar surface area (TPSA) is 38.9 Å². The molecule has 0 bridgehead atoms. The highest BCUT2D eigenvalue weighted by atomic mass is 16.5. The number of hydrogen-bond acceptors (Lipinski definition) is 3. The lowest BCUT2D eigenvalue weighted by molar-refractivity contribution is 0.291. The number of aromatic nitrogens is 2. The average molecular weight is 501 g/mol. The van der Waals surface area contributed by atoms with E-state index in [1.165, 1.54) is 119 Å². The Balaban J connectivity index is 1.25. The maximum atomic E-state index is 5.69. The first-order valence-corrected chi connectivity index (χ1v) is 15.3. The standard InChI is InChI=1S/C34H48N2O/c1-3-5-7-9-10-12-14-27-15-19-29(20-16-27)30-23-25-32(26-24-30)34-35-33(36-37-34)31-21-17-28(18-22-31)13-11-8-6-4-2/h15-16,19-20,23-26,28,31H,3-14,17-18,21-22H2,1-2H3. The van der Waals surface area contributed by atoms with Gasteiger partial charge in [-0.1, -0.05) is 120 Å². The molecule has 0 unspecified atom stereocenters. The highest BCUT2D eigenvalue weighted by Gasteiger charge is 2.26. The number of benzene rings is 2. The van der Waals surface area contributed by atoms with Gasteiger partial charge in [-0.15, -0.1) is 0 Å². The lowest BCUT2D eigenvalue weighted by Gasteiger charge is -2.26. The molecule has 1 saturated carbocycles. The summed E-state index contributed by atoms with van der Waals surface area (Å²) >= 11 is 0. The maximum absolute atomic E-state index is 5.69. The lowest BCUT2D eigenvalue weighted by atomic mass is 9.79. The van der Waals surface area contributed by atoms with Gasteiger partial charge in [0.05, 0.1) is 0 Å². The summed E-state index contributed by atoms with van der Waals surface area (Å²) in [7, 11) is 0. The molecule has 37 heavy (non-hydrogen) atoms. The van der Waals surface area contributed by atoms with Crippen LogP contribution in [0.25, 0.3) is 22.6 Å². The van der Waals surface area contributed by atoms with Crippen molar-refractivity contribution in [2.45, 2.75) is 122 Å². The predicted octanol–water partition coefficient (Wildman–Crippen LogP) is 10.6. The predicted molar refractivity (Wildman–Crippen MR) is 156 cm³/mol. The molecule has 200 valence electrons. The second kappa shape index (κ2) is 15.1. The van der Waals surface area contributed by atoms with Gasteiger partial charge in [-0.25, -0.2) is 0 Å². The van der Waals surface area contributed by atoms with Crippen LogP contribution in [0.1, 0.15) is 127 Å². The molecule has 0 aliphatic heterocycles. The van der Waals surface area contributed by atoms with E-state index >= 15 is 0 Å². The van der Waals surface area contributed by atoms with Crippen LogP contribution in [0.2, 0.25) is 0 Å². The van der Waals surface area contributed by atoms with Gasteiger partial charge in [-0.05, 0) is 73.3 Å². The van der Waals surface area contributed by atoms with Crippen LogP contribution in [0, 0.1) is 5.92 Å². The van der Waals surface area contributed by atoms with Gasteiger partial charge in [-0.2, -0.15) is 4.98 Å². The molecule has 1 aliphatic carbocycles. The highest BCUT2D eigenvalue weighted by Crippen LogP contribution is 2.37. The normalized spacial score (nSPS) is 17.8. The minimum absolute atomic E-state index is 0.457. The van der Waals surface area contributed by atoms with E-state index in [-0.39, 0.29) is 0 Å². The van der Waals surface area contributed by atoms with Gasteiger partial charge in [0, 0.05) is 11.5 Å². The second-order valence-electron chi connectivity index (χ2n) is 11.3. The van der Waals surface area contributed by atoms with Crippen molar-refractivity contribution in [3.63, 3.8) is 0 Å². The van der Waals surface area contributed by atoms with Crippen LogP contribution in [-0.2, 0) is 6.42 Å². The molecule has 0 radical (unpaired) electrons. The van der Waals surface area contributed by atoms with Gasteiger partial charge < -0.3 is 4.52 Å². The third-order valence-corrected chi connectivity index (χ3v) is 8.36. The molecule has 0 N–H and O–H groups in total. The average Bonchev–Trinajstić information content (AvgIpc) is 3.44. The van der Waals surface area contributed by atoms with Gasteiger partial charge in [0.15, 0.2) is 5.82 Å². The third-order valence-electron chi connectivity index (χ3n) is 8.36. The van der Waals surface area contributed by atoms with E-state index in [0.717, 1.165) is 17.3 Å². The Hall–Kier alpha value is -2.42. The molecule has 1 fully saturated rings. The fraction of sp³-hybridized carbons (Fsp3) is 0.588. The third kappa shape index (κ3) is 8.55. The summed E-state index contributed by atoms with van der Waals surface area (Å²) in [6.45, 7) is 4.56. The molecule has 0 spiro atoms. The fourth-order valence-electron chi connectivity index (χ4n) is 5.87. The summed E-state index contributed by atoms with van der Waals surface area (Å²) in [4.78, 5) is 4.80. The van der Waals surface area contributed by atoms with Crippen molar-refractivity contribution >= 4 is 0 Å². The zero-order chi connectivity index (χ0) is 25.7. The fourth-order valence-corrected chi connectivity index (χ4v) is 5.87. The van der Waals surface area contributed by atoms with Crippen molar-refractivity contribution in [3.8, 4) is 22.6 Å². The molecule has 0 atom stereocenters. The molecule has 1 aliphatic rings. The maximum Gasteiger partial charge on any atom is 0.257 e. The Morgan fingerprint density at radius 1 is 0.649 bits per heavy atom. The molecule has 3 heteroatoms. The van der Waals surface area contributed by atoms with Gasteiger partial charge in [0.25, 0.3) is 5.89 Å². The van der Waals surface area contributed by atoms with Crippen LogP contribution < -0.4 is 0 Å². The van der Waals surface area contributed by atoms with E-state index in [1.807, 2.05) is 0 Å². The first-order valence-electron chi connectivity index (χ1n) is 15.3. The van der Waals surface area contributed by atoms with Crippen LogP contribution in [0.3, 0.4) is 0 Å². The minimum Gasteiger partial charge on any atom is -0.334 e. The van der Waals surface area contributed by atoms with Crippen LogP contribution in [-0.4, -0.2) is 10.1 Å². The van der Waals surface area contributed by atoms with Gasteiger partial charge in [0.2, 0.25) is 0 Å². The van der Waals surface area contributed by atoms with Gasteiger partial charge in [-0.3, -0.25) is 0 Å². The summed E-state index contributed by atoms with van der Waals surface area (Å²) in [6.07, 6.45) is 21.2. The molecule has 4 rings (SSSR count). The zero-order valence-electron chi connectivity index (χ0n) is 23.4. The first kappa shape index (κ1) is 27.6. The summed E-state index contributed by atoms with van der Waals surface area (Å²) < 4.78 is 5.69. The molecular weight excluding hydrogens is 452 g/mol. The molecule has 2 aromatic carbocycles. The van der Waals surface area contributed by atoms with Crippen molar-refractivity contribution in [1.29, 1.82) is 0 Å². The van der Waals surface area contributed by atoms with E-state index in [0.29, 0.717) is 11.8 Å². The van der Waals surface area contributed by atoms with Crippen molar-refractivity contribution in [2.24, 2.45) is 5.92 Å². The van der Waals surface area contributed by atoms with Crippen molar-refractivity contribution in [3.05, 3.63) is 59.9 Å². The number of unbranched alkanes of at least 4 members (excludes halogenated alkanes) is 8. The summed E-state index contributed by atoms with van der Waals surface area (Å²) in [5.41, 5.74) is 4.94. The SMILES string of the molecule is CCCCCCCCc1ccc(-c2ccc(-c3nc(C4CCC(CCCCCC)CC4)no3)cc2)cc1. The molecule has 0 amide bonds. The van der Waals surface area contributed by atoms with E-state index in [4.69, 9.17) is 9.51 Å². The zero-order valence-corrected chi connectivity index (χ0v) is 23.4. The molecule has 1 heterocycles. The summed E-state index contributed by atoms with van der Waals surface area (Å²) in [5, 5.41) is 4.38. The van der Waals surface area contributed by atoms with Crippen LogP contribution in [0.15, 0.2) is 53.1 Å². The van der Waals surface area contributed by atoms with Crippen LogP contribution in [0.5, 0.6) is 0 Å². The molecule has 1 aromatic heterocycles. The largest absolute Gasteiger partial charge is 0.334 e. The molecule has 3 nitrogen and oxygen atoms in total. The quantitative estimate of drug-likeness (QED) is 0.195. The highest BCUT2D eigenvalue weighted by molar-refractivity contribution is 5.67. The van der Waals surface area contributed by atoms with E-state index in [1.54, 1.807) is 0 Å². The van der Waals surface area contributed by atoms with E-state index < -0.39 is 0 Å². The van der Waals surface area contributed by atoms with Crippen molar-refractivity contribution in [2.75, 3.05) is 0 Å². The summed E-state index contributed by atoms with van der Waals surface area (Å²) in [6, 6.07) is 17.7. The van der Waals surface area contributed by atoms with Crippen molar-refractivity contribution in [1.82, 2.24) is 10.1 Å². The second-order valence-corrected chi connectivity index (χ2v) is 11.3. The smallest absolute Gasteiger partial charge is 0.257 e. The van der Waals surface area contributed by atoms with Crippen molar-refractivity contribution < 1.29 is 4.52 Å². The molecular formula is C34H48N2O. The monoisotopic (exact) mass is 500 g/mol. The van der Waals surface area contributed by atoms with E-state index in [2.05, 4.69) is 67.5 Å². The lowest BCUT2D eigenvalue weighted by Crippen LogP contribution is -2.14. The Kier molecular flexibility index (Phi) is 11.3. The number of hydrogen-bond donors (Lipinski definition) is 0. The Morgan fingerprint density at radius 2 is 1.22 bits per heavy atom. The van der Waals surface area contributed by atoms with Crippen LogP contribution in [0.4, 0.5) is 0 Å². The number of rotatable bonds is 15. The minimum atomic E-state index is 0.457. The molecule has 0 saturated heterocycles. The first-order chi connectivity index (χ1) is 18.3. The Morgan fingerprint density at radius 3 is 1.89 bits per heavy atom. The van der Waals surface area contributed by atoms with Gasteiger partial charge in [0.1, 0.15) is 0 Å². The number of aryl methyl sites for hydroxylation is 1. The van der Waals surface area contributed by atoms with E-state index in [9.17, 15) is 0 Å². The number of nitrogens with zero attached hydrogens (tertiary/aromatic N) is 2. The molecule has 3 aromatic rings. The van der Waals surface area contributed by atoms with Gasteiger partial charge >= 0.3 is 0 Å². The Bertz CT molecular complexity index is 1010. The Labute approximate surface area is 225 Å². The summed E-state index contributed by atoms with van der Waals surface area (Å²) in [5.74, 6) is 2.91.